The van der Waals surface area contributed by atoms with Crippen LogP contribution in [0.15, 0.2) is 67.0 Å². The minimum Gasteiger partial charge on any atom is -0.334 e. The zero-order valence-corrected chi connectivity index (χ0v) is 15.9. The van der Waals surface area contributed by atoms with Crippen molar-refractivity contribution < 1.29 is 4.79 Å². The van der Waals surface area contributed by atoms with Gasteiger partial charge in [0.1, 0.15) is 0 Å². The SMILES string of the molecule is Cc1ccccc1NC(=O)c1cnc(N(Cc2ccccc2)C(C)C)nc1. The van der Waals surface area contributed by atoms with Gasteiger partial charge in [-0.25, -0.2) is 9.97 Å². The summed E-state index contributed by atoms with van der Waals surface area (Å²) in [4.78, 5) is 23.4. The van der Waals surface area contributed by atoms with E-state index in [1.165, 1.54) is 5.56 Å². The van der Waals surface area contributed by atoms with Gasteiger partial charge in [-0.05, 0) is 38.0 Å². The van der Waals surface area contributed by atoms with Crippen molar-refractivity contribution in [3.05, 3.63) is 83.7 Å². The molecule has 138 valence electrons. The molecule has 0 aliphatic heterocycles. The third-order valence-corrected chi connectivity index (χ3v) is 4.37. The molecule has 27 heavy (non-hydrogen) atoms. The highest BCUT2D eigenvalue weighted by Gasteiger charge is 2.15. The van der Waals surface area contributed by atoms with Crippen molar-refractivity contribution in [1.82, 2.24) is 9.97 Å². The normalized spacial score (nSPS) is 10.7. The van der Waals surface area contributed by atoms with E-state index < -0.39 is 0 Å². The standard InChI is InChI=1S/C22H24N4O/c1-16(2)26(15-18-10-5-4-6-11-18)22-23-13-19(14-24-22)21(27)25-20-12-8-7-9-17(20)3/h4-14,16H,15H2,1-3H3,(H,25,27). The smallest absolute Gasteiger partial charge is 0.258 e. The number of aryl methyl sites for hydroxylation is 1. The maximum atomic E-state index is 12.5. The summed E-state index contributed by atoms with van der Waals surface area (Å²) in [7, 11) is 0. The number of para-hydroxylation sites is 1. The first kappa shape index (κ1) is 18.6. The van der Waals surface area contributed by atoms with Crippen molar-refractivity contribution in [3.8, 4) is 0 Å². The zero-order chi connectivity index (χ0) is 19.2. The summed E-state index contributed by atoms with van der Waals surface area (Å²) >= 11 is 0. The molecule has 0 aliphatic carbocycles. The summed E-state index contributed by atoms with van der Waals surface area (Å²) in [5.74, 6) is 0.399. The molecule has 2 aromatic carbocycles. The minimum atomic E-state index is -0.213. The monoisotopic (exact) mass is 360 g/mol. The van der Waals surface area contributed by atoms with Gasteiger partial charge in [-0.1, -0.05) is 48.5 Å². The Balaban J connectivity index is 1.74. The first-order valence-electron chi connectivity index (χ1n) is 9.04. The number of nitrogens with zero attached hydrogens (tertiary/aromatic N) is 3. The summed E-state index contributed by atoms with van der Waals surface area (Å²) in [5.41, 5.74) is 3.43. The van der Waals surface area contributed by atoms with Crippen LogP contribution < -0.4 is 10.2 Å². The number of aromatic nitrogens is 2. The zero-order valence-electron chi connectivity index (χ0n) is 15.9. The molecule has 1 N–H and O–H groups in total. The van der Waals surface area contributed by atoms with Gasteiger partial charge in [0.05, 0.1) is 5.56 Å². The van der Waals surface area contributed by atoms with Gasteiger partial charge in [0.25, 0.3) is 5.91 Å². The fraction of sp³-hybridized carbons (Fsp3) is 0.227. The third-order valence-electron chi connectivity index (χ3n) is 4.37. The average Bonchev–Trinajstić information content (AvgIpc) is 2.68. The predicted octanol–water partition coefficient (Wildman–Crippen LogP) is 4.45. The summed E-state index contributed by atoms with van der Waals surface area (Å²) in [6.45, 7) is 6.88. The molecule has 0 saturated carbocycles. The van der Waals surface area contributed by atoms with E-state index in [1.807, 2.05) is 49.4 Å². The average molecular weight is 360 g/mol. The fourth-order valence-corrected chi connectivity index (χ4v) is 2.76. The molecule has 3 aromatic rings. The third kappa shape index (κ3) is 4.70. The van der Waals surface area contributed by atoms with Crippen LogP contribution in [0.25, 0.3) is 0 Å². The van der Waals surface area contributed by atoms with Gasteiger partial charge >= 0.3 is 0 Å². The highest BCUT2D eigenvalue weighted by Crippen LogP contribution is 2.17. The van der Waals surface area contributed by atoms with E-state index in [1.54, 1.807) is 12.4 Å². The van der Waals surface area contributed by atoms with Crippen LogP contribution in [0.2, 0.25) is 0 Å². The molecule has 1 amide bonds. The van der Waals surface area contributed by atoms with Crippen LogP contribution in [0.1, 0.15) is 35.3 Å². The molecule has 0 aliphatic rings. The summed E-state index contributed by atoms with van der Waals surface area (Å²) in [5, 5.41) is 2.91. The van der Waals surface area contributed by atoms with Crippen LogP contribution >= 0.6 is 0 Å². The van der Waals surface area contributed by atoms with Gasteiger partial charge in [-0.3, -0.25) is 4.79 Å². The fourth-order valence-electron chi connectivity index (χ4n) is 2.76. The van der Waals surface area contributed by atoms with Crippen LogP contribution in [0.5, 0.6) is 0 Å². The van der Waals surface area contributed by atoms with E-state index in [0.29, 0.717) is 18.1 Å². The first-order chi connectivity index (χ1) is 13.0. The Labute approximate surface area is 160 Å². The van der Waals surface area contributed by atoms with Gasteiger partial charge in [0, 0.05) is 30.7 Å². The van der Waals surface area contributed by atoms with Crippen molar-refractivity contribution in [2.75, 3.05) is 10.2 Å². The Bertz CT molecular complexity index is 892. The lowest BCUT2D eigenvalue weighted by atomic mass is 10.2. The maximum absolute atomic E-state index is 12.5. The molecule has 0 atom stereocenters. The highest BCUT2D eigenvalue weighted by atomic mass is 16.1. The van der Waals surface area contributed by atoms with Crippen molar-refractivity contribution in [1.29, 1.82) is 0 Å². The van der Waals surface area contributed by atoms with Crippen molar-refractivity contribution in [2.24, 2.45) is 0 Å². The van der Waals surface area contributed by atoms with E-state index in [-0.39, 0.29) is 11.9 Å². The number of anilines is 2. The lowest BCUT2D eigenvalue weighted by Crippen LogP contribution is -2.31. The summed E-state index contributed by atoms with van der Waals surface area (Å²) in [6, 6.07) is 18.1. The Morgan fingerprint density at radius 3 is 2.26 bits per heavy atom. The Kier molecular flexibility index (Phi) is 5.81. The quantitative estimate of drug-likeness (QED) is 0.705. The van der Waals surface area contributed by atoms with Gasteiger partial charge in [0.15, 0.2) is 0 Å². The maximum Gasteiger partial charge on any atom is 0.258 e. The van der Waals surface area contributed by atoms with E-state index >= 15 is 0 Å². The van der Waals surface area contributed by atoms with Crippen LogP contribution in [0.3, 0.4) is 0 Å². The molecule has 1 aromatic heterocycles. The van der Waals surface area contributed by atoms with E-state index in [2.05, 4.69) is 46.2 Å². The van der Waals surface area contributed by atoms with Gasteiger partial charge in [0.2, 0.25) is 5.95 Å². The van der Waals surface area contributed by atoms with Gasteiger partial charge < -0.3 is 10.2 Å². The van der Waals surface area contributed by atoms with Crippen LogP contribution in [0, 0.1) is 6.92 Å². The number of rotatable bonds is 6. The van der Waals surface area contributed by atoms with Crippen LogP contribution in [-0.4, -0.2) is 21.9 Å². The number of carbonyl (C=O) groups is 1. The number of hydrogen-bond acceptors (Lipinski definition) is 4. The molecular weight excluding hydrogens is 336 g/mol. The van der Waals surface area contributed by atoms with E-state index in [9.17, 15) is 4.79 Å². The van der Waals surface area contributed by atoms with Crippen LogP contribution in [-0.2, 0) is 6.54 Å². The van der Waals surface area contributed by atoms with Crippen molar-refractivity contribution in [3.63, 3.8) is 0 Å². The second-order valence-corrected chi connectivity index (χ2v) is 6.75. The molecule has 1 heterocycles. The Morgan fingerprint density at radius 1 is 1.00 bits per heavy atom. The van der Waals surface area contributed by atoms with Gasteiger partial charge in [-0.2, -0.15) is 0 Å². The number of amides is 1. The molecule has 5 nitrogen and oxygen atoms in total. The molecule has 0 spiro atoms. The van der Waals surface area contributed by atoms with Crippen molar-refractivity contribution in [2.45, 2.75) is 33.4 Å². The molecule has 0 radical (unpaired) electrons. The number of nitrogens with one attached hydrogen (secondary N) is 1. The predicted molar refractivity (Wildman–Crippen MR) is 109 cm³/mol. The molecule has 3 rings (SSSR count). The van der Waals surface area contributed by atoms with E-state index in [4.69, 9.17) is 0 Å². The second-order valence-electron chi connectivity index (χ2n) is 6.75. The Hall–Kier alpha value is -3.21. The molecule has 0 fully saturated rings. The lowest BCUT2D eigenvalue weighted by Gasteiger charge is -2.26. The first-order valence-corrected chi connectivity index (χ1v) is 9.04. The molecular formula is C22H24N4O. The minimum absolute atomic E-state index is 0.213. The summed E-state index contributed by atoms with van der Waals surface area (Å²) in [6.07, 6.45) is 3.16. The van der Waals surface area contributed by atoms with E-state index in [0.717, 1.165) is 11.3 Å². The number of hydrogen-bond donors (Lipinski definition) is 1. The topological polar surface area (TPSA) is 58.1 Å². The number of benzene rings is 2. The molecule has 5 heteroatoms. The number of carbonyl (C=O) groups excluding carboxylic acids is 1. The second kappa shape index (κ2) is 8.45. The Morgan fingerprint density at radius 2 is 1.63 bits per heavy atom. The largest absolute Gasteiger partial charge is 0.334 e. The van der Waals surface area contributed by atoms with Crippen LogP contribution in [0.4, 0.5) is 11.6 Å². The molecule has 0 bridgehead atoms. The van der Waals surface area contributed by atoms with Gasteiger partial charge in [-0.15, -0.1) is 0 Å². The highest BCUT2D eigenvalue weighted by molar-refractivity contribution is 6.04. The van der Waals surface area contributed by atoms with Crippen molar-refractivity contribution >= 4 is 17.5 Å². The lowest BCUT2D eigenvalue weighted by molar-refractivity contribution is 0.102. The molecule has 0 saturated heterocycles. The summed E-state index contributed by atoms with van der Waals surface area (Å²) < 4.78 is 0. The molecule has 0 unspecified atom stereocenters.